The van der Waals surface area contributed by atoms with Crippen LogP contribution < -0.4 is 0 Å². The Balaban J connectivity index is 2.23. The Labute approximate surface area is 59.7 Å². The first kappa shape index (κ1) is 5.89. The maximum atomic E-state index is 10.8. The van der Waals surface area contributed by atoms with Gasteiger partial charge in [0.2, 0.25) is 5.91 Å². The first-order valence-electron chi connectivity index (χ1n) is 3.71. The van der Waals surface area contributed by atoms with Crippen LogP contribution in [0.2, 0.25) is 0 Å². The highest BCUT2D eigenvalue weighted by Gasteiger charge is 2.23. The van der Waals surface area contributed by atoms with Gasteiger partial charge < -0.3 is 4.90 Å². The van der Waals surface area contributed by atoms with Crippen molar-refractivity contribution < 1.29 is 4.79 Å². The van der Waals surface area contributed by atoms with Crippen molar-refractivity contribution in [3.63, 3.8) is 0 Å². The van der Waals surface area contributed by atoms with Gasteiger partial charge in [-0.15, -0.1) is 0 Å². The van der Waals surface area contributed by atoms with E-state index in [-0.39, 0.29) is 5.91 Å². The van der Waals surface area contributed by atoms with E-state index in [0.717, 1.165) is 25.3 Å². The van der Waals surface area contributed by atoms with E-state index >= 15 is 0 Å². The number of aliphatic imine (C=N–C) groups is 1. The molecule has 2 heterocycles. The summed E-state index contributed by atoms with van der Waals surface area (Å²) in [6.45, 7) is 2.00. The van der Waals surface area contributed by atoms with E-state index in [9.17, 15) is 4.79 Å². The summed E-state index contributed by atoms with van der Waals surface area (Å²) in [7, 11) is 0. The normalized spacial score (nSPS) is 24.6. The summed E-state index contributed by atoms with van der Waals surface area (Å²) in [5.41, 5.74) is 0. The van der Waals surface area contributed by atoms with E-state index in [1.807, 2.05) is 0 Å². The Morgan fingerprint density at radius 3 is 3.10 bits per heavy atom. The predicted octanol–water partition coefficient (Wildman–Crippen LogP) is 0.411. The van der Waals surface area contributed by atoms with Gasteiger partial charge in [-0.1, -0.05) is 0 Å². The average Bonchev–Trinajstić information content (AvgIpc) is 2.33. The molecule has 0 atom stereocenters. The first-order chi connectivity index (χ1) is 4.86. The van der Waals surface area contributed by atoms with Crippen LogP contribution in [0.25, 0.3) is 0 Å². The van der Waals surface area contributed by atoms with E-state index in [1.54, 1.807) is 0 Å². The molecule has 2 aliphatic heterocycles. The van der Waals surface area contributed by atoms with Gasteiger partial charge in [-0.2, -0.15) is 0 Å². The quantitative estimate of drug-likeness (QED) is 0.485. The number of fused-ring (bicyclic) bond motifs is 1. The van der Waals surface area contributed by atoms with Crippen molar-refractivity contribution in [3.8, 4) is 0 Å². The number of amidine groups is 1. The lowest BCUT2D eigenvalue weighted by Crippen LogP contribution is -2.31. The molecule has 0 unspecified atom stereocenters. The second-order valence-electron chi connectivity index (χ2n) is 2.76. The molecule has 1 fully saturated rings. The molecule has 0 bridgehead atoms. The monoisotopic (exact) mass is 138 g/mol. The van der Waals surface area contributed by atoms with Gasteiger partial charge in [0.15, 0.2) is 0 Å². The molecule has 0 aliphatic carbocycles. The second kappa shape index (κ2) is 2.08. The highest BCUT2D eigenvalue weighted by atomic mass is 16.1. The molecular weight excluding hydrogens is 128 g/mol. The molecule has 0 radical (unpaired) electrons. The maximum Gasteiger partial charge on any atom is 0.249 e. The fourth-order valence-corrected chi connectivity index (χ4v) is 1.51. The van der Waals surface area contributed by atoms with Crippen molar-refractivity contribution >= 4 is 11.7 Å². The van der Waals surface area contributed by atoms with Crippen molar-refractivity contribution in [2.45, 2.75) is 19.3 Å². The van der Waals surface area contributed by atoms with E-state index in [2.05, 4.69) is 9.89 Å². The maximum absolute atomic E-state index is 10.8. The van der Waals surface area contributed by atoms with Gasteiger partial charge in [0.05, 0.1) is 0 Å². The van der Waals surface area contributed by atoms with E-state index < -0.39 is 0 Å². The van der Waals surface area contributed by atoms with Crippen LogP contribution in [0.4, 0.5) is 0 Å². The van der Waals surface area contributed by atoms with Crippen molar-refractivity contribution in [2.24, 2.45) is 4.99 Å². The third-order valence-corrected chi connectivity index (χ3v) is 2.04. The first-order valence-corrected chi connectivity index (χ1v) is 3.71. The number of hydrogen-bond donors (Lipinski definition) is 0. The highest BCUT2D eigenvalue weighted by molar-refractivity contribution is 5.97. The second-order valence-corrected chi connectivity index (χ2v) is 2.76. The van der Waals surface area contributed by atoms with Crippen LogP contribution in [0.1, 0.15) is 19.3 Å². The van der Waals surface area contributed by atoms with E-state index in [0.29, 0.717) is 6.42 Å². The molecular formula is C7H10N2O. The molecule has 3 nitrogen and oxygen atoms in total. The molecule has 3 heteroatoms. The average molecular weight is 138 g/mol. The third kappa shape index (κ3) is 0.818. The van der Waals surface area contributed by atoms with Crippen molar-refractivity contribution in [1.29, 1.82) is 0 Å². The fourth-order valence-electron chi connectivity index (χ4n) is 1.51. The number of carbonyl (C=O) groups excluding carboxylic acids is 1. The number of amides is 1. The van der Waals surface area contributed by atoms with Gasteiger partial charge in [-0.25, -0.2) is 4.99 Å². The molecule has 2 aliphatic rings. The van der Waals surface area contributed by atoms with Crippen molar-refractivity contribution in [2.75, 3.05) is 13.1 Å². The van der Waals surface area contributed by atoms with Crippen LogP contribution >= 0.6 is 0 Å². The minimum absolute atomic E-state index is 0.0631. The Hall–Kier alpha value is -0.860. The summed E-state index contributed by atoms with van der Waals surface area (Å²) < 4.78 is 0. The summed E-state index contributed by atoms with van der Waals surface area (Å²) in [6, 6.07) is 0. The number of carbonyl (C=O) groups is 1. The number of nitrogens with zero attached hydrogens (tertiary/aromatic N) is 2. The Bertz CT molecular complexity index is 198. The summed E-state index contributed by atoms with van der Waals surface area (Å²) in [5.74, 6) is 1.09. The Morgan fingerprint density at radius 1 is 1.30 bits per heavy atom. The Morgan fingerprint density at radius 2 is 2.20 bits per heavy atom. The molecule has 2 rings (SSSR count). The molecule has 0 N–H and O–H groups in total. The molecule has 0 spiro atoms. The van der Waals surface area contributed by atoms with Gasteiger partial charge >= 0.3 is 0 Å². The lowest BCUT2D eigenvalue weighted by Gasteiger charge is -2.20. The lowest BCUT2D eigenvalue weighted by molar-refractivity contribution is -0.118. The van der Waals surface area contributed by atoms with Crippen LogP contribution in [0.15, 0.2) is 4.99 Å². The SMILES string of the molecule is O=C1CCN2CCCC2=N1. The smallest absolute Gasteiger partial charge is 0.249 e. The summed E-state index contributed by atoms with van der Waals surface area (Å²) in [4.78, 5) is 16.9. The van der Waals surface area contributed by atoms with Gasteiger partial charge in [-0.3, -0.25) is 4.79 Å². The zero-order valence-electron chi connectivity index (χ0n) is 5.84. The Kier molecular flexibility index (Phi) is 1.22. The molecule has 0 aromatic carbocycles. The van der Waals surface area contributed by atoms with Crippen LogP contribution in [0.3, 0.4) is 0 Å². The lowest BCUT2D eigenvalue weighted by atomic mass is 10.3. The molecule has 0 saturated carbocycles. The molecule has 1 saturated heterocycles. The highest BCUT2D eigenvalue weighted by Crippen LogP contribution is 2.15. The topological polar surface area (TPSA) is 32.7 Å². The van der Waals surface area contributed by atoms with Crippen molar-refractivity contribution in [1.82, 2.24) is 4.90 Å². The van der Waals surface area contributed by atoms with Gasteiger partial charge in [0, 0.05) is 25.9 Å². The van der Waals surface area contributed by atoms with Crippen LogP contribution in [-0.4, -0.2) is 29.7 Å². The molecule has 54 valence electrons. The zero-order chi connectivity index (χ0) is 6.97. The van der Waals surface area contributed by atoms with Gasteiger partial charge in [-0.05, 0) is 6.42 Å². The standard InChI is InChI=1S/C7H10N2O/c10-7-3-5-9-4-1-2-6(9)8-7/h1-5H2. The van der Waals surface area contributed by atoms with Crippen LogP contribution in [0.5, 0.6) is 0 Å². The van der Waals surface area contributed by atoms with Crippen molar-refractivity contribution in [3.05, 3.63) is 0 Å². The summed E-state index contributed by atoms with van der Waals surface area (Å²) in [6.07, 6.45) is 2.79. The zero-order valence-corrected chi connectivity index (χ0v) is 5.84. The largest absolute Gasteiger partial charge is 0.359 e. The van der Waals surface area contributed by atoms with E-state index in [1.165, 1.54) is 6.42 Å². The number of hydrogen-bond acceptors (Lipinski definition) is 2. The summed E-state index contributed by atoms with van der Waals surface area (Å²) >= 11 is 0. The molecule has 0 aromatic heterocycles. The predicted molar refractivity (Wildman–Crippen MR) is 37.9 cm³/mol. The third-order valence-electron chi connectivity index (χ3n) is 2.04. The molecule has 10 heavy (non-hydrogen) atoms. The molecule has 0 aromatic rings. The fraction of sp³-hybridized carbons (Fsp3) is 0.714. The van der Waals surface area contributed by atoms with Crippen LogP contribution in [-0.2, 0) is 4.79 Å². The van der Waals surface area contributed by atoms with Gasteiger partial charge in [0.1, 0.15) is 5.84 Å². The molecule has 1 amide bonds. The minimum Gasteiger partial charge on any atom is -0.359 e. The van der Waals surface area contributed by atoms with Crippen LogP contribution in [0, 0.1) is 0 Å². The summed E-state index contributed by atoms with van der Waals surface area (Å²) in [5, 5.41) is 0. The van der Waals surface area contributed by atoms with Gasteiger partial charge in [0.25, 0.3) is 0 Å². The minimum atomic E-state index is 0.0631. The van der Waals surface area contributed by atoms with E-state index in [4.69, 9.17) is 0 Å². The number of rotatable bonds is 0.